The van der Waals surface area contributed by atoms with E-state index in [0.29, 0.717) is 42.3 Å². The summed E-state index contributed by atoms with van der Waals surface area (Å²) in [5.74, 6) is -1.01. The lowest BCUT2D eigenvalue weighted by Crippen LogP contribution is -2.37. The number of fused-ring (bicyclic) bond motifs is 1. The minimum atomic E-state index is -4.79. The predicted octanol–water partition coefficient (Wildman–Crippen LogP) is 3.52. The fourth-order valence-corrected chi connectivity index (χ4v) is 4.08. The number of hydrazone groups is 1. The SMILES string of the molecule is CN/N=C\C(=C(\Cl)C=O)N1CCc2c(N(C)c3ccc(F)cc3C(F)(F)F)cc(=O)n(C)c2C1. The standard InChI is InChI=1S/C22H22ClF4N5O2/c1-28-29-10-19(16(23)12-33)32-7-6-14-18(9-21(34)31(3)20(14)11-32)30(2)17-5-4-13(24)8-15(17)22(25,26)27/h4-5,8-10,12,28H,6-7,11H2,1-3H3/b19-16-,29-10-. The van der Waals surface area contributed by atoms with Crippen molar-refractivity contribution in [1.82, 2.24) is 14.9 Å². The third kappa shape index (κ3) is 4.93. The number of pyridine rings is 1. The van der Waals surface area contributed by atoms with E-state index in [1.807, 2.05) is 0 Å². The van der Waals surface area contributed by atoms with Crippen LogP contribution in [0.15, 0.2) is 44.9 Å². The summed E-state index contributed by atoms with van der Waals surface area (Å²) in [4.78, 5) is 27.0. The highest BCUT2D eigenvalue weighted by Gasteiger charge is 2.36. The number of nitrogens with zero attached hydrogens (tertiary/aromatic N) is 4. The molecule has 0 saturated heterocycles. The molecule has 182 valence electrons. The fourth-order valence-electron chi connectivity index (χ4n) is 3.91. The van der Waals surface area contributed by atoms with Gasteiger partial charge in [-0.1, -0.05) is 11.6 Å². The quantitative estimate of drug-likeness (QED) is 0.216. The number of nitrogens with one attached hydrogen (secondary N) is 1. The van der Waals surface area contributed by atoms with E-state index < -0.39 is 23.1 Å². The molecule has 0 spiro atoms. The second kappa shape index (κ2) is 9.88. The summed E-state index contributed by atoms with van der Waals surface area (Å²) in [6.07, 6.45) is -2.60. The molecule has 1 N–H and O–H groups in total. The lowest BCUT2D eigenvalue weighted by atomic mass is 10.00. The number of benzene rings is 1. The van der Waals surface area contributed by atoms with Crippen LogP contribution in [0.1, 0.15) is 16.8 Å². The van der Waals surface area contributed by atoms with Crippen molar-refractivity contribution in [3.8, 4) is 0 Å². The van der Waals surface area contributed by atoms with Gasteiger partial charge in [0.1, 0.15) is 10.8 Å². The summed E-state index contributed by atoms with van der Waals surface area (Å²) in [5, 5.41) is 3.82. The van der Waals surface area contributed by atoms with E-state index in [9.17, 15) is 27.2 Å². The van der Waals surface area contributed by atoms with Gasteiger partial charge < -0.3 is 19.8 Å². The first-order chi connectivity index (χ1) is 16.0. The lowest BCUT2D eigenvalue weighted by Gasteiger charge is -2.35. The number of hydrogen-bond donors (Lipinski definition) is 1. The topological polar surface area (TPSA) is 69.9 Å². The van der Waals surface area contributed by atoms with Crippen LogP contribution in [0, 0.1) is 5.82 Å². The molecule has 1 aromatic heterocycles. The monoisotopic (exact) mass is 499 g/mol. The summed E-state index contributed by atoms with van der Waals surface area (Å²) in [7, 11) is 4.53. The third-order valence-corrected chi connectivity index (χ3v) is 5.90. The molecule has 0 amide bonds. The molecule has 0 aliphatic carbocycles. The second-order valence-corrected chi connectivity index (χ2v) is 7.98. The fraction of sp³-hybridized carbons (Fsp3) is 0.318. The molecule has 0 fully saturated rings. The summed E-state index contributed by atoms with van der Waals surface area (Å²) >= 11 is 6.07. The molecule has 0 bridgehead atoms. The number of carbonyl (C=O) groups is 1. The van der Waals surface area contributed by atoms with E-state index in [-0.39, 0.29) is 23.0 Å². The molecule has 0 radical (unpaired) electrons. The molecule has 1 aliphatic heterocycles. The third-order valence-electron chi connectivity index (χ3n) is 5.62. The predicted molar refractivity (Wildman–Crippen MR) is 122 cm³/mol. The van der Waals surface area contributed by atoms with Crippen LogP contribution in [0.4, 0.5) is 28.9 Å². The Balaban J connectivity index is 2.12. The van der Waals surface area contributed by atoms with Gasteiger partial charge in [0.25, 0.3) is 5.56 Å². The second-order valence-electron chi connectivity index (χ2n) is 7.57. The minimum Gasteiger partial charge on any atom is -0.363 e. The van der Waals surface area contributed by atoms with Crippen molar-refractivity contribution in [2.75, 3.05) is 25.5 Å². The highest BCUT2D eigenvalue weighted by molar-refractivity contribution is 6.40. The van der Waals surface area contributed by atoms with Crippen LogP contribution in [0.5, 0.6) is 0 Å². The Hall–Kier alpha value is -3.34. The number of allylic oxidation sites excluding steroid dienone is 2. The zero-order valence-electron chi connectivity index (χ0n) is 18.6. The highest BCUT2D eigenvalue weighted by atomic mass is 35.5. The number of aromatic nitrogens is 1. The maximum atomic E-state index is 13.6. The number of anilines is 2. The largest absolute Gasteiger partial charge is 0.418 e. The van der Waals surface area contributed by atoms with Crippen molar-refractivity contribution in [3.05, 3.63) is 68.0 Å². The molecule has 0 saturated carbocycles. The number of halogens is 5. The van der Waals surface area contributed by atoms with Gasteiger partial charge in [-0.05, 0) is 30.2 Å². The molecule has 0 unspecified atom stereocenters. The molecule has 12 heteroatoms. The number of aldehydes is 1. The molecular weight excluding hydrogens is 478 g/mol. The number of alkyl halides is 3. The Bertz CT molecular complexity index is 1220. The number of hydrogen-bond acceptors (Lipinski definition) is 6. The van der Waals surface area contributed by atoms with Gasteiger partial charge in [-0.15, -0.1) is 0 Å². The van der Waals surface area contributed by atoms with Gasteiger partial charge in [-0.25, -0.2) is 4.39 Å². The van der Waals surface area contributed by atoms with E-state index >= 15 is 0 Å². The molecule has 1 aromatic carbocycles. The first-order valence-corrected chi connectivity index (χ1v) is 10.5. The van der Waals surface area contributed by atoms with Crippen LogP contribution in [0.2, 0.25) is 0 Å². The molecular formula is C22H22ClF4N5O2. The van der Waals surface area contributed by atoms with Gasteiger partial charge >= 0.3 is 6.18 Å². The molecule has 0 atom stereocenters. The zero-order valence-corrected chi connectivity index (χ0v) is 19.3. The molecule has 7 nitrogen and oxygen atoms in total. The molecule has 1 aliphatic rings. The van der Waals surface area contributed by atoms with Crippen molar-refractivity contribution in [1.29, 1.82) is 0 Å². The van der Waals surface area contributed by atoms with Crippen LogP contribution < -0.4 is 15.9 Å². The van der Waals surface area contributed by atoms with Crippen LogP contribution in [-0.4, -0.2) is 42.6 Å². The van der Waals surface area contributed by atoms with E-state index in [1.54, 1.807) is 19.0 Å². The number of rotatable bonds is 6. The van der Waals surface area contributed by atoms with Crippen LogP contribution in [0.3, 0.4) is 0 Å². The summed E-state index contributed by atoms with van der Waals surface area (Å²) in [6.45, 7) is 0.518. The molecule has 2 aromatic rings. The van der Waals surface area contributed by atoms with E-state index in [1.165, 1.54) is 28.8 Å². The van der Waals surface area contributed by atoms with Crippen LogP contribution in [-0.2, 0) is 31.0 Å². The van der Waals surface area contributed by atoms with Crippen molar-refractivity contribution < 1.29 is 22.4 Å². The van der Waals surface area contributed by atoms with Crippen LogP contribution >= 0.6 is 11.6 Å². The summed E-state index contributed by atoms with van der Waals surface area (Å²) in [6, 6.07) is 3.67. The summed E-state index contributed by atoms with van der Waals surface area (Å²) < 4.78 is 55.8. The van der Waals surface area contributed by atoms with E-state index in [0.717, 1.165) is 12.1 Å². The zero-order chi connectivity index (χ0) is 25.2. The van der Waals surface area contributed by atoms with Gasteiger partial charge in [0.2, 0.25) is 0 Å². The Kier molecular flexibility index (Phi) is 7.35. The molecule has 2 heterocycles. The Morgan fingerprint density at radius 2 is 1.97 bits per heavy atom. The van der Waals surface area contributed by atoms with Crippen molar-refractivity contribution >= 4 is 35.5 Å². The Labute approximate surface area is 197 Å². The smallest absolute Gasteiger partial charge is 0.363 e. The van der Waals surface area contributed by atoms with E-state index in [4.69, 9.17) is 11.6 Å². The average Bonchev–Trinajstić information content (AvgIpc) is 2.80. The summed E-state index contributed by atoms with van der Waals surface area (Å²) in [5.41, 5.74) is 2.53. The van der Waals surface area contributed by atoms with Gasteiger partial charge in [-0.2, -0.15) is 18.3 Å². The molecule has 3 rings (SSSR count). The lowest BCUT2D eigenvalue weighted by molar-refractivity contribution is -0.137. The maximum absolute atomic E-state index is 13.6. The Morgan fingerprint density at radius 1 is 1.26 bits per heavy atom. The van der Waals surface area contributed by atoms with Gasteiger partial charge in [0, 0.05) is 39.4 Å². The van der Waals surface area contributed by atoms with Gasteiger partial charge in [-0.3, -0.25) is 9.59 Å². The van der Waals surface area contributed by atoms with E-state index in [2.05, 4.69) is 10.5 Å². The minimum absolute atomic E-state index is 0.0816. The normalized spacial score (nSPS) is 14.6. The van der Waals surface area contributed by atoms with Crippen molar-refractivity contribution in [2.24, 2.45) is 12.1 Å². The van der Waals surface area contributed by atoms with Crippen molar-refractivity contribution in [2.45, 2.75) is 19.1 Å². The first-order valence-electron chi connectivity index (χ1n) is 10.1. The van der Waals surface area contributed by atoms with Crippen LogP contribution in [0.25, 0.3) is 0 Å². The molecule has 34 heavy (non-hydrogen) atoms. The van der Waals surface area contributed by atoms with Gasteiger partial charge in [0.05, 0.1) is 35.4 Å². The Morgan fingerprint density at radius 3 is 2.59 bits per heavy atom. The number of carbonyl (C=O) groups excluding carboxylic acids is 1. The highest BCUT2D eigenvalue weighted by Crippen LogP contribution is 2.40. The van der Waals surface area contributed by atoms with Crippen molar-refractivity contribution in [3.63, 3.8) is 0 Å². The first kappa shape index (κ1) is 25.3. The maximum Gasteiger partial charge on any atom is 0.418 e. The average molecular weight is 500 g/mol. The van der Waals surface area contributed by atoms with Gasteiger partial charge in [0.15, 0.2) is 6.29 Å².